The van der Waals surface area contributed by atoms with Crippen molar-refractivity contribution < 1.29 is 18.7 Å². The minimum atomic E-state index is -1.22. The SMILES string of the molecule is CC(C)(C)CC1NC(C(=O)OC(C)(C)C)C(c2cc(F)cc(Cl)c2)C12C(=O)Nc1cc(Cl)ccc12. The zero-order valence-electron chi connectivity index (χ0n) is 20.8. The first-order valence-corrected chi connectivity index (χ1v) is 12.4. The van der Waals surface area contributed by atoms with Gasteiger partial charge < -0.3 is 10.1 Å². The zero-order chi connectivity index (χ0) is 25.9. The molecule has 2 aliphatic heterocycles. The summed E-state index contributed by atoms with van der Waals surface area (Å²) < 4.78 is 20.4. The highest BCUT2D eigenvalue weighted by Gasteiger charge is 2.66. The van der Waals surface area contributed by atoms with Gasteiger partial charge in [-0.1, -0.05) is 50.0 Å². The van der Waals surface area contributed by atoms with Gasteiger partial charge in [0.05, 0.1) is 0 Å². The molecule has 0 bridgehead atoms. The van der Waals surface area contributed by atoms with E-state index in [0.29, 0.717) is 28.3 Å². The maximum Gasteiger partial charge on any atom is 0.324 e. The third-order valence-electron chi connectivity index (χ3n) is 6.53. The van der Waals surface area contributed by atoms with Crippen LogP contribution in [0.25, 0.3) is 0 Å². The van der Waals surface area contributed by atoms with Crippen molar-refractivity contribution >= 4 is 40.8 Å². The van der Waals surface area contributed by atoms with Crippen LogP contribution in [0.1, 0.15) is 65.0 Å². The molecule has 2 aliphatic rings. The third kappa shape index (κ3) is 4.81. The molecule has 0 radical (unpaired) electrons. The van der Waals surface area contributed by atoms with E-state index in [-0.39, 0.29) is 16.3 Å². The number of hydrogen-bond donors (Lipinski definition) is 2. The lowest BCUT2D eigenvalue weighted by Crippen LogP contribution is -2.49. The van der Waals surface area contributed by atoms with Crippen LogP contribution in [0.5, 0.6) is 0 Å². The van der Waals surface area contributed by atoms with Gasteiger partial charge in [0.1, 0.15) is 22.9 Å². The molecule has 2 aromatic rings. The van der Waals surface area contributed by atoms with Crippen molar-refractivity contribution in [3.05, 3.63) is 63.4 Å². The molecule has 4 atom stereocenters. The molecule has 4 unspecified atom stereocenters. The van der Waals surface area contributed by atoms with Crippen LogP contribution >= 0.6 is 23.2 Å². The molecule has 8 heteroatoms. The van der Waals surface area contributed by atoms with Crippen molar-refractivity contribution in [2.75, 3.05) is 5.32 Å². The summed E-state index contributed by atoms with van der Waals surface area (Å²) in [7, 11) is 0. The number of ether oxygens (including phenoxy) is 1. The lowest BCUT2D eigenvalue weighted by Gasteiger charge is -2.37. The number of halogens is 3. The first-order valence-electron chi connectivity index (χ1n) is 11.7. The third-order valence-corrected chi connectivity index (χ3v) is 6.98. The van der Waals surface area contributed by atoms with Crippen molar-refractivity contribution in [1.29, 1.82) is 0 Å². The van der Waals surface area contributed by atoms with Crippen LogP contribution in [0.2, 0.25) is 10.0 Å². The topological polar surface area (TPSA) is 67.4 Å². The summed E-state index contributed by atoms with van der Waals surface area (Å²) in [5, 5.41) is 7.09. The molecule has 2 heterocycles. The highest BCUT2D eigenvalue weighted by molar-refractivity contribution is 6.31. The van der Waals surface area contributed by atoms with E-state index >= 15 is 0 Å². The number of rotatable bonds is 3. The van der Waals surface area contributed by atoms with Gasteiger partial charge in [-0.25, -0.2) is 4.39 Å². The van der Waals surface area contributed by atoms with Gasteiger partial charge in [-0.3, -0.25) is 14.9 Å². The highest BCUT2D eigenvalue weighted by atomic mass is 35.5. The van der Waals surface area contributed by atoms with Crippen LogP contribution in [0.15, 0.2) is 36.4 Å². The monoisotopic (exact) mass is 520 g/mol. The van der Waals surface area contributed by atoms with Gasteiger partial charge in [-0.2, -0.15) is 0 Å². The summed E-state index contributed by atoms with van der Waals surface area (Å²) in [6.45, 7) is 11.6. The van der Waals surface area contributed by atoms with Crippen LogP contribution in [0, 0.1) is 11.2 Å². The van der Waals surface area contributed by atoms with Crippen LogP contribution in [-0.4, -0.2) is 29.6 Å². The molecule has 35 heavy (non-hydrogen) atoms. The molecule has 0 aromatic heterocycles. The lowest BCUT2D eigenvalue weighted by molar-refractivity contribution is -0.157. The van der Waals surface area contributed by atoms with E-state index in [1.165, 1.54) is 12.1 Å². The van der Waals surface area contributed by atoms with E-state index in [2.05, 4.69) is 31.4 Å². The Kier molecular flexibility index (Phi) is 6.48. The Hall–Kier alpha value is -2.15. The van der Waals surface area contributed by atoms with Gasteiger partial charge in [0.2, 0.25) is 5.91 Å². The number of carbonyl (C=O) groups is 2. The number of carbonyl (C=O) groups excluding carboxylic acids is 2. The Morgan fingerprint density at radius 3 is 2.34 bits per heavy atom. The Bertz CT molecular complexity index is 1170. The summed E-state index contributed by atoms with van der Waals surface area (Å²) in [6.07, 6.45) is 0.571. The van der Waals surface area contributed by atoms with Crippen molar-refractivity contribution in [1.82, 2.24) is 5.32 Å². The first kappa shape index (κ1) is 25.9. The summed E-state index contributed by atoms with van der Waals surface area (Å²) in [5.74, 6) is -2.10. The number of esters is 1. The number of anilines is 1. The van der Waals surface area contributed by atoms with Gasteiger partial charge in [-0.15, -0.1) is 0 Å². The second-order valence-electron chi connectivity index (χ2n) is 11.7. The number of fused-ring (bicyclic) bond motifs is 2. The average Bonchev–Trinajstić information content (AvgIpc) is 3.14. The molecule has 1 spiro atoms. The molecular formula is C27H31Cl2FN2O3. The second-order valence-corrected chi connectivity index (χ2v) is 12.6. The predicted molar refractivity (Wildman–Crippen MR) is 137 cm³/mol. The molecule has 5 nitrogen and oxygen atoms in total. The predicted octanol–water partition coefficient (Wildman–Crippen LogP) is 6.22. The Morgan fingerprint density at radius 1 is 1.06 bits per heavy atom. The van der Waals surface area contributed by atoms with E-state index in [9.17, 15) is 14.0 Å². The first-order chi connectivity index (χ1) is 16.1. The highest BCUT2D eigenvalue weighted by Crippen LogP contribution is 2.57. The van der Waals surface area contributed by atoms with E-state index in [1.54, 1.807) is 39.0 Å². The van der Waals surface area contributed by atoms with Crippen LogP contribution in [0.4, 0.5) is 10.1 Å². The van der Waals surface area contributed by atoms with Gasteiger partial charge in [0.15, 0.2) is 0 Å². The molecule has 0 saturated carbocycles. The van der Waals surface area contributed by atoms with Crippen LogP contribution in [0.3, 0.4) is 0 Å². The fourth-order valence-corrected chi connectivity index (χ4v) is 5.92. The summed E-state index contributed by atoms with van der Waals surface area (Å²) in [6, 6.07) is 8.06. The fraction of sp³-hybridized carbons (Fsp3) is 0.481. The van der Waals surface area contributed by atoms with Crippen molar-refractivity contribution in [2.24, 2.45) is 5.41 Å². The van der Waals surface area contributed by atoms with E-state index in [0.717, 1.165) is 0 Å². The molecule has 0 aliphatic carbocycles. The van der Waals surface area contributed by atoms with Gasteiger partial charge in [0, 0.05) is 27.7 Å². The molecule has 1 amide bonds. The minimum Gasteiger partial charge on any atom is -0.459 e. The molecular weight excluding hydrogens is 490 g/mol. The molecule has 4 rings (SSSR count). The van der Waals surface area contributed by atoms with Crippen molar-refractivity contribution in [3.8, 4) is 0 Å². The number of amides is 1. The summed E-state index contributed by atoms with van der Waals surface area (Å²) in [4.78, 5) is 27.6. The number of benzene rings is 2. The van der Waals surface area contributed by atoms with E-state index in [4.69, 9.17) is 27.9 Å². The van der Waals surface area contributed by atoms with Crippen molar-refractivity contribution in [3.63, 3.8) is 0 Å². The fourth-order valence-electron chi connectivity index (χ4n) is 5.52. The number of nitrogens with one attached hydrogen (secondary N) is 2. The largest absolute Gasteiger partial charge is 0.459 e. The molecule has 188 valence electrons. The molecule has 1 fully saturated rings. The maximum absolute atomic E-state index is 14.6. The lowest BCUT2D eigenvalue weighted by atomic mass is 9.62. The minimum absolute atomic E-state index is 0.187. The van der Waals surface area contributed by atoms with Crippen LogP contribution in [-0.2, 0) is 19.7 Å². The summed E-state index contributed by atoms with van der Waals surface area (Å²) >= 11 is 12.5. The molecule has 2 aromatic carbocycles. The number of hydrogen-bond acceptors (Lipinski definition) is 4. The summed E-state index contributed by atoms with van der Waals surface area (Å²) in [5.41, 5.74) is -0.404. The van der Waals surface area contributed by atoms with E-state index < -0.39 is 40.8 Å². The molecule has 2 N–H and O–H groups in total. The standard InChI is InChI=1S/C27H31Cl2FN2O3/c1-25(2,3)13-20-27(18-8-7-15(28)12-19(18)31-24(27)34)21(14-9-16(29)11-17(30)10-14)22(32-20)23(33)35-26(4,5)6/h7-12,20-22,32H,13H2,1-6H3,(H,31,34). The Labute approximate surface area is 215 Å². The van der Waals surface area contributed by atoms with Crippen LogP contribution < -0.4 is 10.6 Å². The zero-order valence-corrected chi connectivity index (χ0v) is 22.3. The maximum atomic E-state index is 14.6. The Balaban J connectivity index is 2.00. The second kappa shape index (κ2) is 8.75. The van der Waals surface area contributed by atoms with Gasteiger partial charge in [0.25, 0.3) is 0 Å². The molecule has 1 saturated heterocycles. The van der Waals surface area contributed by atoms with E-state index in [1.807, 2.05) is 6.07 Å². The van der Waals surface area contributed by atoms with Crippen molar-refractivity contribution in [2.45, 2.75) is 77.0 Å². The van der Waals surface area contributed by atoms with Gasteiger partial charge in [-0.05, 0) is 74.1 Å². The average molecular weight is 521 g/mol. The quantitative estimate of drug-likeness (QED) is 0.471. The normalized spacial score (nSPS) is 26.1. The smallest absolute Gasteiger partial charge is 0.324 e. The van der Waals surface area contributed by atoms with Gasteiger partial charge >= 0.3 is 5.97 Å². The Morgan fingerprint density at radius 2 is 1.74 bits per heavy atom.